The Bertz CT molecular complexity index is 784. The van der Waals surface area contributed by atoms with Crippen LogP contribution in [0.25, 0.3) is 10.2 Å². The minimum absolute atomic E-state index is 0.355. The average Bonchev–Trinajstić information content (AvgIpc) is 2.88. The zero-order chi connectivity index (χ0) is 14.8. The first-order valence-corrected chi connectivity index (χ1v) is 7.53. The summed E-state index contributed by atoms with van der Waals surface area (Å²) in [5.74, 6) is 7.13. The molecule has 0 amide bonds. The summed E-state index contributed by atoms with van der Waals surface area (Å²) in [6.07, 6.45) is 0.898. The van der Waals surface area contributed by atoms with Crippen molar-refractivity contribution in [1.29, 1.82) is 0 Å². The quantitative estimate of drug-likeness (QED) is 0.568. The zero-order valence-electron chi connectivity index (χ0n) is 11.9. The van der Waals surface area contributed by atoms with Crippen LogP contribution < -0.4 is 16.0 Å². The molecule has 3 N–H and O–H groups in total. The summed E-state index contributed by atoms with van der Waals surface area (Å²) >= 11 is 1.59. The topological polar surface area (TPSA) is 73.1 Å². The summed E-state index contributed by atoms with van der Waals surface area (Å²) in [5, 5.41) is 0.905. The van der Waals surface area contributed by atoms with Crippen LogP contribution in [-0.4, -0.2) is 9.97 Å². The molecule has 6 heteroatoms. The summed E-state index contributed by atoms with van der Waals surface area (Å²) in [5.41, 5.74) is 3.63. The zero-order valence-corrected chi connectivity index (χ0v) is 12.7. The van der Waals surface area contributed by atoms with Crippen LogP contribution in [0.3, 0.4) is 0 Å². The maximum Gasteiger partial charge on any atom is 0.241 e. The third kappa shape index (κ3) is 2.68. The summed E-state index contributed by atoms with van der Waals surface area (Å²) < 4.78 is 6.03. The third-order valence-corrected chi connectivity index (χ3v) is 4.11. The van der Waals surface area contributed by atoms with Gasteiger partial charge in [0.2, 0.25) is 11.8 Å². The van der Waals surface area contributed by atoms with E-state index in [4.69, 9.17) is 10.6 Å². The lowest BCUT2D eigenvalue weighted by Crippen LogP contribution is -2.10. The number of benzene rings is 1. The fourth-order valence-corrected chi connectivity index (χ4v) is 3.03. The Hall–Kier alpha value is -2.18. The molecule has 21 heavy (non-hydrogen) atoms. The van der Waals surface area contributed by atoms with Gasteiger partial charge in [-0.2, -0.15) is 4.98 Å². The fraction of sp³-hybridized carbons (Fsp3) is 0.200. The Morgan fingerprint density at radius 2 is 2.10 bits per heavy atom. The van der Waals surface area contributed by atoms with Crippen LogP contribution in [0.5, 0.6) is 11.6 Å². The normalized spacial score (nSPS) is 10.8. The summed E-state index contributed by atoms with van der Waals surface area (Å²) in [4.78, 5) is 10.7. The largest absolute Gasteiger partial charge is 0.438 e. The minimum Gasteiger partial charge on any atom is -0.438 e. The highest BCUT2D eigenvalue weighted by atomic mass is 32.1. The van der Waals surface area contributed by atoms with Gasteiger partial charge >= 0.3 is 0 Å². The molecule has 0 aliphatic carbocycles. The van der Waals surface area contributed by atoms with Crippen molar-refractivity contribution in [2.45, 2.75) is 20.3 Å². The van der Waals surface area contributed by atoms with Crippen LogP contribution in [0.15, 0.2) is 30.3 Å². The van der Waals surface area contributed by atoms with E-state index >= 15 is 0 Å². The van der Waals surface area contributed by atoms with Crippen molar-refractivity contribution in [2.75, 3.05) is 5.43 Å². The molecular weight excluding hydrogens is 284 g/mol. The second-order valence-electron chi connectivity index (χ2n) is 4.64. The molecule has 2 heterocycles. The number of para-hydroxylation sites is 1. The number of aryl methyl sites for hydroxylation is 2. The molecule has 108 valence electrons. The Kier molecular flexibility index (Phi) is 3.72. The number of ether oxygens (including phenoxy) is 1. The van der Waals surface area contributed by atoms with Crippen molar-refractivity contribution in [3.05, 3.63) is 40.8 Å². The van der Waals surface area contributed by atoms with Crippen LogP contribution in [0.1, 0.15) is 17.4 Å². The molecule has 0 saturated carbocycles. The molecule has 3 aromatic rings. The smallest absolute Gasteiger partial charge is 0.241 e. The first-order valence-electron chi connectivity index (χ1n) is 6.71. The van der Waals surface area contributed by atoms with E-state index in [0.717, 1.165) is 32.8 Å². The predicted octanol–water partition coefficient (Wildman–Crippen LogP) is 3.64. The Balaban J connectivity index is 2.10. The van der Waals surface area contributed by atoms with Gasteiger partial charge in [0, 0.05) is 4.88 Å². The molecule has 0 unspecified atom stereocenters. The van der Waals surface area contributed by atoms with Crippen LogP contribution in [-0.2, 0) is 6.42 Å². The first-order chi connectivity index (χ1) is 10.2. The minimum atomic E-state index is 0.355. The van der Waals surface area contributed by atoms with Crippen LogP contribution >= 0.6 is 11.3 Å². The SMILES string of the molecule is CCc1ccccc1Oc1nc(NN)nc2sc(C)cc12. The molecule has 0 radical (unpaired) electrons. The molecular formula is C15H16N4OS. The van der Waals surface area contributed by atoms with Gasteiger partial charge in [0.25, 0.3) is 0 Å². The Morgan fingerprint density at radius 3 is 2.86 bits per heavy atom. The van der Waals surface area contributed by atoms with E-state index in [2.05, 4.69) is 28.4 Å². The van der Waals surface area contributed by atoms with Crippen molar-refractivity contribution in [3.8, 4) is 11.6 Å². The Morgan fingerprint density at radius 1 is 1.29 bits per heavy atom. The van der Waals surface area contributed by atoms with E-state index in [1.807, 2.05) is 31.2 Å². The third-order valence-electron chi connectivity index (χ3n) is 3.17. The number of aromatic nitrogens is 2. The number of hydrogen-bond donors (Lipinski definition) is 2. The number of nitrogens with one attached hydrogen (secondary N) is 1. The first kappa shape index (κ1) is 13.8. The van der Waals surface area contributed by atoms with Crippen molar-refractivity contribution in [2.24, 2.45) is 5.84 Å². The number of hydrazine groups is 1. The van der Waals surface area contributed by atoms with E-state index in [1.54, 1.807) is 11.3 Å². The van der Waals surface area contributed by atoms with Gasteiger partial charge in [-0.1, -0.05) is 25.1 Å². The van der Waals surface area contributed by atoms with Crippen molar-refractivity contribution < 1.29 is 4.74 Å². The van der Waals surface area contributed by atoms with E-state index in [-0.39, 0.29) is 0 Å². The number of thiophene rings is 1. The molecule has 0 fully saturated rings. The monoisotopic (exact) mass is 300 g/mol. The number of nitrogens with two attached hydrogens (primary N) is 1. The van der Waals surface area contributed by atoms with Crippen LogP contribution in [0.4, 0.5) is 5.95 Å². The second-order valence-corrected chi connectivity index (χ2v) is 5.87. The van der Waals surface area contributed by atoms with E-state index < -0.39 is 0 Å². The molecule has 1 aromatic carbocycles. The van der Waals surface area contributed by atoms with Gasteiger partial charge in [0.05, 0.1) is 5.39 Å². The number of rotatable bonds is 4. The van der Waals surface area contributed by atoms with Crippen LogP contribution in [0.2, 0.25) is 0 Å². The predicted molar refractivity (Wildman–Crippen MR) is 85.9 cm³/mol. The number of nitrogens with zero attached hydrogens (tertiary/aromatic N) is 2. The molecule has 2 aromatic heterocycles. The molecule has 3 rings (SSSR count). The number of hydrogen-bond acceptors (Lipinski definition) is 6. The molecule has 0 aliphatic heterocycles. The molecule has 0 saturated heterocycles. The molecule has 0 aliphatic rings. The van der Waals surface area contributed by atoms with Gasteiger partial charge in [-0.05, 0) is 31.0 Å². The van der Waals surface area contributed by atoms with Crippen molar-refractivity contribution >= 4 is 27.5 Å². The summed E-state index contributed by atoms with van der Waals surface area (Å²) in [7, 11) is 0. The van der Waals surface area contributed by atoms with Gasteiger partial charge in [-0.3, -0.25) is 5.43 Å². The lowest BCUT2D eigenvalue weighted by atomic mass is 10.1. The lowest BCUT2D eigenvalue weighted by Gasteiger charge is -2.10. The maximum absolute atomic E-state index is 6.03. The molecule has 5 nitrogen and oxygen atoms in total. The van der Waals surface area contributed by atoms with Crippen LogP contribution in [0, 0.1) is 6.92 Å². The number of anilines is 1. The van der Waals surface area contributed by atoms with Crippen molar-refractivity contribution in [1.82, 2.24) is 9.97 Å². The number of fused-ring (bicyclic) bond motifs is 1. The van der Waals surface area contributed by atoms with Gasteiger partial charge < -0.3 is 4.74 Å². The van der Waals surface area contributed by atoms with Crippen molar-refractivity contribution in [3.63, 3.8) is 0 Å². The van der Waals surface area contributed by atoms with Gasteiger partial charge in [-0.25, -0.2) is 10.8 Å². The summed E-state index contributed by atoms with van der Waals surface area (Å²) in [6, 6.07) is 9.98. The molecule has 0 bridgehead atoms. The summed E-state index contributed by atoms with van der Waals surface area (Å²) in [6.45, 7) is 4.13. The second kappa shape index (κ2) is 5.67. The Labute approximate surface area is 126 Å². The average molecular weight is 300 g/mol. The van der Waals surface area contributed by atoms with E-state index in [9.17, 15) is 0 Å². The van der Waals surface area contributed by atoms with Gasteiger partial charge in [0.1, 0.15) is 10.6 Å². The molecule has 0 atom stereocenters. The maximum atomic E-state index is 6.03. The standard InChI is InChI=1S/C15H16N4OS/c1-3-10-6-4-5-7-12(10)20-13-11-8-9(2)21-14(11)18-15(17-13)19-16/h4-8H,3,16H2,1-2H3,(H,17,18,19). The fourth-order valence-electron chi connectivity index (χ4n) is 2.16. The van der Waals surface area contributed by atoms with E-state index in [0.29, 0.717) is 11.8 Å². The highest BCUT2D eigenvalue weighted by Crippen LogP contribution is 2.34. The van der Waals surface area contributed by atoms with Gasteiger partial charge in [-0.15, -0.1) is 11.3 Å². The highest BCUT2D eigenvalue weighted by Gasteiger charge is 2.13. The van der Waals surface area contributed by atoms with E-state index in [1.165, 1.54) is 0 Å². The lowest BCUT2D eigenvalue weighted by molar-refractivity contribution is 0.463. The highest BCUT2D eigenvalue weighted by molar-refractivity contribution is 7.18. The number of nitrogen functional groups attached to an aromatic ring is 1. The molecule has 0 spiro atoms. The van der Waals surface area contributed by atoms with Gasteiger partial charge in [0.15, 0.2) is 0 Å².